The average Bonchev–Trinajstić information content (AvgIpc) is 2.81. The highest BCUT2D eigenvalue weighted by Crippen LogP contribution is 2.40. The first-order chi connectivity index (χ1) is 16.2. The largest absolute Gasteiger partial charge is 0.493 e. The van der Waals surface area contributed by atoms with Gasteiger partial charge in [0.25, 0.3) is 0 Å². The molecule has 176 valence electrons. The van der Waals surface area contributed by atoms with Gasteiger partial charge in [0.15, 0.2) is 11.5 Å². The van der Waals surface area contributed by atoms with Crippen molar-refractivity contribution >= 4 is 22.6 Å². The van der Waals surface area contributed by atoms with Crippen molar-refractivity contribution in [2.75, 3.05) is 14.2 Å². The van der Waals surface area contributed by atoms with Crippen LogP contribution in [0.5, 0.6) is 17.2 Å². The fraction of sp³-hybridized carbons (Fsp3) is 0.160. The molecule has 5 nitrogen and oxygen atoms in total. The Morgan fingerprint density at radius 2 is 1.71 bits per heavy atom. The van der Waals surface area contributed by atoms with Crippen LogP contribution in [0, 0.1) is 0 Å². The van der Waals surface area contributed by atoms with E-state index in [-0.39, 0.29) is 34.6 Å². The molecule has 0 aliphatic rings. The minimum atomic E-state index is -4.92. The minimum absolute atomic E-state index is 0.0121. The van der Waals surface area contributed by atoms with Crippen LogP contribution in [0.15, 0.2) is 69.9 Å². The topological polar surface area (TPSA) is 57.9 Å². The molecular formula is C25H18ClF3O5. The van der Waals surface area contributed by atoms with Gasteiger partial charge in [-0.3, -0.25) is 4.79 Å². The molecule has 0 saturated heterocycles. The van der Waals surface area contributed by atoms with Gasteiger partial charge in [-0.25, -0.2) is 0 Å². The van der Waals surface area contributed by atoms with E-state index < -0.39 is 22.9 Å². The molecule has 0 N–H and O–H groups in total. The quantitative estimate of drug-likeness (QED) is 0.300. The number of hydrogen-bond donors (Lipinski definition) is 0. The van der Waals surface area contributed by atoms with Gasteiger partial charge in [0.1, 0.15) is 17.9 Å². The second kappa shape index (κ2) is 9.30. The Hall–Kier alpha value is -3.65. The van der Waals surface area contributed by atoms with Crippen molar-refractivity contribution in [3.05, 3.63) is 87.2 Å². The predicted octanol–water partition coefficient (Wildman–Crippen LogP) is 6.73. The second-order valence-corrected chi connectivity index (χ2v) is 7.72. The molecule has 0 amide bonds. The summed E-state index contributed by atoms with van der Waals surface area (Å²) in [6.07, 6.45) is -4.92. The maximum atomic E-state index is 13.9. The van der Waals surface area contributed by atoms with Crippen LogP contribution in [0.4, 0.5) is 13.2 Å². The van der Waals surface area contributed by atoms with Crippen LogP contribution in [0.1, 0.15) is 11.3 Å². The van der Waals surface area contributed by atoms with Crippen molar-refractivity contribution in [2.45, 2.75) is 12.8 Å². The van der Waals surface area contributed by atoms with Crippen LogP contribution in [-0.2, 0) is 12.8 Å². The van der Waals surface area contributed by atoms with Crippen molar-refractivity contribution in [3.63, 3.8) is 0 Å². The highest BCUT2D eigenvalue weighted by molar-refractivity contribution is 6.30. The Labute approximate surface area is 197 Å². The van der Waals surface area contributed by atoms with Crippen LogP contribution in [0.25, 0.3) is 22.1 Å². The molecule has 1 aromatic heterocycles. The summed E-state index contributed by atoms with van der Waals surface area (Å²) >= 11 is 5.96. The Balaban J connectivity index is 1.81. The van der Waals surface area contributed by atoms with E-state index in [0.29, 0.717) is 10.8 Å². The lowest BCUT2D eigenvalue weighted by Gasteiger charge is -2.15. The number of benzene rings is 3. The smallest absolute Gasteiger partial charge is 0.450 e. The monoisotopic (exact) mass is 490 g/mol. The highest BCUT2D eigenvalue weighted by atomic mass is 35.5. The zero-order valence-corrected chi connectivity index (χ0v) is 18.8. The van der Waals surface area contributed by atoms with Gasteiger partial charge in [0, 0.05) is 11.1 Å². The van der Waals surface area contributed by atoms with E-state index in [4.69, 9.17) is 30.2 Å². The Bertz CT molecular complexity index is 1410. The molecule has 4 aromatic rings. The fourth-order valence-electron chi connectivity index (χ4n) is 3.51. The van der Waals surface area contributed by atoms with Crippen molar-refractivity contribution in [2.24, 2.45) is 0 Å². The fourth-order valence-corrected chi connectivity index (χ4v) is 3.72. The third-order valence-corrected chi connectivity index (χ3v) is 5.32. The maximum absolute atomic E-state index is 13.9. The summed E-state index contributed by atoms with van der Waals surface area (Å²) in [4.78, 5) is 13.2. The van der Waals surface area contributed by atoms with Gasteiger partial charge in [0.05, 0.1) is 25.2 Å². The molecule has 0 aliphatic heterocycles. The third kappa shape index (κ3) is 4.68. The SMILES string of the molecule is COc1ccc(-c2c(C(F)(F)F)oc3cc(OCc4cccc(Cl)c4)ccc3c2=O)cc1OC. The summed E-state index contributed by atoms with van der Waals surface area (Å²) in [5.41, 5.74) is -0.934. The molecule has 34 heavy (non-hydrogen) atoms. The number of hydrogen-bond acceptors (Lipinski definition) is 5. The van der Waals surface area contributed by atoms with Gasteiger partial charge in [0.2, 0.25) is 11.2 Å². The van der Waals surface area contributed by atoms with Crippen molar-refractivity contribution in [1.29, 1.82) is 0 Å². The first-order valence-corrected chi connectivity index (χ1v) is 10.4. The number of fused-ring (bicyclic) bond motifs is 1. The van der Waals surface area contributed by atoms with Gasteiger partial charge in [-0.15, -0.1) is 0 Å². The molecule has 0 atom stereocenters. The summed E-state index contributed by atoms with van der Waals surface area (Å²) in [7, 11) is 2.75. The first kappa shape index (κ1) is 23.5. The highest BCUT2D eigenvalue weighted by Gasteiger charge is 2.39. The molecule has 0 bridgehead atoms. The molecule has 0 fully saturated rings. The van der Waals surface area contributed by atoms with Crippen molar-refractivity contribution < 1.29 is 31.8 Å². The van der Waals surface area contributed by atoms with Crippen molar-refractivity contribution in [1.82, 2.24) is 0 Å². The predicted molar refractivity (Wildman–Crippen MR) is 122 cm³/mol. The average molecular weight is 491 g/mol. The minimum Gasteiger partial charge on any atom is -0.493 e. The Morgan fingerprint density at radius 3 is 2.38 bits per heavy atom. The lowest BCUT2D eigenvalue weighted by atomic mass is 10.0. The van der Waals surface area contributed by atoms with E-state index in [1.807, 2.05) is 0 Å². The zero-order valence-electron chi connectivity index (χ0n) is 18.0. The molecule has 1 heterocycles. The van der Waals surface area contributed by atoms with E-state index in [2.05, 4.69) is 0 Å². The number of halogens is 4. The molecule has 0 spiro atoms. The van der Waals surface area contributed by atoms with Crippen LogP contribution < -0.4 is 19.6 Å². The summed E-state index contributed by atoms with van der Waals surface area (Å²) in [5, 5.41) is 0.510. The first-order valence-electron chi connectivity index (χ1n) is 9.99. The molecular weight excluding hydrogens is 473 g/mol. The number of alkyl halides is 3. The summed E-state index contributed by atoms with van der Waals surface area (Å²) < 4.78 is 63.0. The molecule has 0 unspecified atom stereocenters. The number of methoxy groups -OCH3 is 2. The molecule has 0 aliphatic carbocycles. The summed E-state index contributed by atoms with van der Waals surface area (Å²) in [6, 6.07) is 15.2. The van der Waals surface area contributed by atoms with Gasteiger partial charge in [-0.1, -0.05) is 29.8 Å². The van der Waals surface area contributed by atoms with Gasteiger partial charge in [-0.05, 0) is 47.5 Å². The van der Waals surface area contributed by atoms with E-state index in [1.165, 1.54) is 50.6 Å². The van der Waals surface area contributed by atoms with Crippen LogP contribution in [0.3, 0.4) is 0 Å². The van der Waals surface area contributed by atoms with E-state index in [1.54, 1.807) is 24.3 Å². The lowest BCUT2D eigenvalue weighted by molar-refractivity contribution is -0.152. The van der Waals surface area contributed by atoms with Crippen LogP contribution >= 0.6 is 11.6 Å². The van der Waals surface area contributed by atoms with E-state index >= 15 is 0 Å². The molecule has 4 rings (SSSR count). The number of rotatable bonds is 6. The second-order valence-electron chi connectivity index (χ2n) is 7.28. The Morgan fingerprint density at radius 1 is 0.941 bits per heavy atom. The summed E-state index contributed by atoms with van der Waals surface area (Å²) in [6.45, 7) is 0.131. The number of ether oxygens (including phenoxy) is 3. The van der Waals surface area contributed by atoms with Gasteiger partial charge < -0.3 is 18.6 Å². The molecule has 0 radical (unpaired) electrons. The van der Waals surface area contributed by atoms with Gasteiger partial charge in [-0.2, -0.15) is 13.2 Å². The molecule has 0 saturated carbocycles. The summed E-state index contributed by atoms with van der Waals surface area (Å²) in [5.74, 6) is -0.685. The van der Waals surface area contributed by atoms with Gasteiger partial charge >= 0.3 is 6.18 Å². The maximum Gasteiger partial charge on any atom is 0.450 e. The Kier molecular flexibility index (Phi) is 6.43. The van der Waals surface area contributed by atoms with Crippen LogP contribution in [0.2, 0.25) is 5.02 Å². The lowest BCUT2D eigenvalue weighted by Crippen LogP contribution is -2.16. The standard InChI is InChI=1S/C25H18ClF3O5/c1-31-19-9-6-15(11-21(19)32-2)22-23(30)18-8-7-17(12-20(18)34-24(22)25(27,28)29)33-13-14-4-3-5-16(26)10-14/h3-12H,13H2,1-2H3. The normalized spacial score (nSPS) is 11.5. The van der Waals surface area contributed by atoms with E-state index in [0.717, 1.165) is 5.56 Å². The van der Waals surface area contributed by atoms with E-state index in [9.17, 15) is 18.0 Å². The van der Waals surface area contributed by atoms with Crippen molar-refractivity contribution in [3.8, 4) is 28.4 Å². The molecule has 9 heteroatoms. The zero-order chi connectivity index (χ0) is 24.5. The molecule has 3 aromatic carbocycles. The third-order valence-electron chi connectivity index (χ3n) is 5.09. The van der Waals surface area contributed by atoms with Crippen LogP contribution in [-0.4, -0.2) is 14.2 Å².